The number of ether oxygens (including phenoxy) is 2. The molecular weight excluding hydrogens is 511 g/mol. The molecule has 1 aliphatic rings. The van der Waals surface area contributed by atoms with Gasteiger partial charge in [-0.2, -0.15) is 0 Å². The highest BCUT2D eigenvalue weighted by atomic mass is 35.5. The summed E-state index contributed by atoms with van der Waals surface area (Å²) >= 11 is 12.2. The normalized spacial score (nSPS) is 16.8. The van der Waals surface area contributed by atoms with E-state index in [1.165, 1.54) is 0 Å². The van der Waals surface area contributed by atoms with Gasteiger partial charge in [0.25, 0.3) is 0 Å². The Bertz CT molecular complexity index is 1220. The third-order valence-corrected chi connectivity index (χ3v) is 7.60. The van der Waals surface area contributed by atoms with Crippen molar-refractivity contribution in [3.63, 3.8) is 0 Å². The Kier molecular flexibility index (Phi) is 9.24. The number of likely N-dealkylation sites (tertiary alicyclic amines) is 1. The van der Waals surface area contributed by atoms with E-state index in [1.54, 1.807) is 26.6 Å². The minimum atomic E-state index is -0.318. The second kappa shape index (κ2) is 12.6. The fourth-order valence-corrected chi connectivity index (χ4v) is 5.25. The number of amides is 1. The maximum atomic E-state index is 12.3. The molecule has 2 N–H and O–H groups in total. The van der Waals surface area contributed by atoms with Gasteiger partial charge in [0.15, 0.2) is 11.5 Å². The van der Waals surface area contributed by atoms with Gasteiger partial charge in [-0.25, -0.2) is 9.97 Å². The SMILES string of the molecule is COc1ccc(-c2cnc(CC(CC3CCCN(Cc4ccc(Cl)c(Cl)c4)C3)C(N)=O)nc2)cc1OC. The molecular formula is C28H32Cl2N4O3. The molecule has 196 valence electrons. The van der Waals surface area contributed by atoms with E-state index in [2.05, 4.69) is 14.9 Å². The van der Waals surface area contributed by atoms with E-state index in [9.17, 15) is 4.79 Å². The highest BCUT2D eigenvalue weighted by molar-refractivity contribution is 6.42. The van der Waals surface area contributed by atoms with Crippen molar-refractivity contribution in [1.29, 1.82) is 0 Å². The van der Waals surface area contributed by atoms with Gasteiger partial charge < -0.3 is 15.2 Å². The minimum Gasteiger partial charge on any atom is -0.493 e. The topological polar surface area (TPSA) is 90.6 Å². The molecule has 1 amide bonds. The second-order valence-corrected chi connectivity index (χ2v) is 10.3. The highest BCUT2D eigenvalue weighted by Crippen LogP contribution is 2.32. The summed E-state index contributed by atoms with van der Waals surface area (Å²) in [4.78, 5) is 23.8. The van der Waals surface area contributed by atoms with Crippen LogP contribution in [0.4, 0.5) is 0 Å². The van der Waals surface area contributed by atoms with Gasteiger partial charge in [-0.3, -0.25) is 9.69 Å². The van der Waals surface area contributed by atoms with Crippen LogP contribution in [0.15, 0.2) is 48.8 Å². The van der Waals surface area contributed by atoms with E-state index in [0.717, 1.165) is 49.2 Å². The number of halogens is 2. The van der Waals surface area contributed by atoms with Crippen LogP contribution in [-0.4, -0.2) is 48.1 Å². The minimum absolute atomic E-state index is 0.311. The van der Waals surface area contributed by atoms with E-state index < -0.39 is 0 Å². The predicted molar refractivity (Wildman–Crippen MR) is 146 cm³/mol. The molecule has 1 aliphatic heterocycles. The number of aromatic nitrogens is 2. The average molecular weight is 543 g/mol. The third-order valence-electron chi connectivity index (χ3n) is 6.86. The first kappa shape index (κ1) is 27.2. The van der Waals surface area contributed by atoms with Crippen molar-refractivity contribution >= 4 is 29.1 Å². The van der Waals surface area contributed by atoms with E-state index in [0.29, 0.717) is 46.1 Å². The summed E-state index contributed by atoms with van der Waals surface area (Å²) in [5.41, 5.74) is 8.71. The molecule has 37 heavy (non-hydrogen) atoms. The molecule has 1 saturated heterocycles. The van der Waals surface area contributed by atoms with E-state index in [1.807, 2.05) is 36.4 Å². The zero-order chi connectivity index (χ0) is 26.4. The zero-order valence-electron chi connectivity index (χ0n) is 21.1. The van der Waals surface area contributed by atoms with Crippen molar-refractivity contribution in [2.24, 2.45) is 17.6 Å². The van der Waals surface area contributed by atoms with Gasteiger partial charge >= 0.3 is 0 Å². The number of carbonyl (C=O) groups excluding carboxylic acids is 1. The van der Waals surface area contributed by atoms with Crippen molar-refractivity contribution in [3.05, 3.63) is 70.2 Å². The largest absolute Gasteiger partial charge is 0.493 e. The molecule has 7 nitrogen and oxygen atoms in total. The Morgan fingerprint density at radius 3 is 2.49 bits per heavy atom. The average Bonchev–Trinajstić information content (AvgIpc) is 2.90. The number of rotatable bonds is 10. The van der Waals surface area contributed by atoms with Crippen LogP contribution in [-0.2, 0) is 17.8 Å². The highest BCUT2D eigenvalue weighted by Gasteiger charge is 2.27. The van der Waals surface area contributed by atoms with Crippen molar-refractivity contribution in [1.82, 2.24) is 14.9 Å². The number of hydrogen-bond acceptors (Lipinski definition) is 6. The maximum Gasteiger partial charge on any atom is 0.220 e. The van der Waals surface area contributed by atoms with Crippen LogP contribution >= 0.6 is 23.2 Å². The van der Waals surface area contributed by atoms with Crippen LogP contribution in [0.25, 0.3) is 11.1 Å². The Morgan fingerprint density at radius 2 is 1.81 bits per heavy atom. The summed E-state index contributed by atoms with van der Waals surface area (Å²) in [5.74, 6) is 1.65. The quantitative estimate of drug-likeness (QED) is 0.368. The second-order valence-electron chi connectivity index (χ2n) is 9.49. The molecule has 2 aromatic carbocycles. The molecule has 2 heterocycles. The number of nitrogens with zero attached hydrogens (tertiary/aromatic N) is 3. The molecule has 1 aromatic heterocycles. The molecule has 0 saturated carbocycles. The summed E-state index contributed by atoms with van der Waals surface area (Å²) < 4.78 is 10.7. The molecule has 0 radical (unpaired) electrons. The summed E-state index contributed by atoms with van der Waals surface area (Å²) in [6.45, 7) is 2.72. The smallest absolute Gasteiger partial charge is 0.220 e. The Balaban J connectivity index is 1.38. The lowest BCUT2D eigenvalue weighted by molar-refractivity contribution is -0.122. The first-order valence-corrected chi connectivity index (χ1v) is 13.1. The van der Waals surface area contributed by atoms with Gasteiger partial charge in [0.1, 0.15) is 5.82 Å². The van der Waals surface area contributed by atoms with Crippen LogP contribution in [0.2, 0.25) is 10.0 Å². The number of methoxy groups -OCH3 is 2. The summed E-state index contributed by atoms with van der Waals surface area (Å²) in [7, 11) is 3.20. The van der Waals surface area contributed by atoms with Gasteiger partial charge in [-0.05, 0) is 67.1 Å². The lowest BCUT2D eigenvalue weighted by Crippen LogP contribution is -2.37. The van der Waals surface area contributed by atoms with Gasteiger partial charge in [0, 0.05) is 43.4 Å². The summed E-state index contributed by atoms with van der Waals surface area (Å²) in [6, 6.07) is 11.4. The number of benzene rings is 2. The fraction of sp³-hybridized carbons (Fsp3) is 0.393. The lowest BCUT2D eigenvalue weighted by Gasteiger charge is -2.34. The number of carbonyl (C=O) groups is 1. The van der Waals surface area contributed by atoms with Crippen molar-refractivity contribution in [2.75, 3.05) is 27.3 Å². The van der Waals surface area contributed by atoms with Crippen LogP contribution in [0.3, 0.4) is 0 Å². The first-order valence-electron chi connectivity index (χ1n) is 12.3. The van der Waals surface area contributed by atoms with Crippen molar-refractivity contribution < 1.29 is 14.3 Å². The Labute approximate surface area is 227 Å². The van der Waals surface area contributed by atoms with E-state index in [4.69, 9.17) is 38.4 Å². The standard InChI is InChI=1S/C28H32Cl2N4O3/c1-36-25-8-6-20(12-26(25)37-2)22-14-32-27(33-15-22)13-21(28(31)35)10-18-4-3-9-34(16-18)17-19-5-7-23(29)24(30)11-19/h5-8,11-12,14-15,18,21H,3-4,9-10,13,16-17H2,1-2H3,(H2,31,35). The third kappa shape index (κ3) is 7.12. The van der Waals surface area contributed by atoms with E-state index >= 15 is 0 Å². The summed E-state index contributed by atoms with van der Waals surface area (Å²) in [5, 5.41) is 1.13. The van der Waals surface area contributed by atoms with Crippen LogP contribution in [0.5, 0.6) is 11.5 Å². The molecule has 0 aliphatic carbocycles. The molecule has 3 aromatic rings. The first-order chi connectivity index (χ1) is 17.9. The van der Waals surface area contributed by atoms with Gasteiger partial charge in [0.05, 0.1) is 24.3 Å². The molecule has 1 fully saturated rings. The van der Waals surface area contributed by atoms with Gasteiger partial charge in [-0.15, -0.1) is 0 Å². The molecule has 0 bridgehead atoms. The lowest BCUT2D eigenvalue weighted by atomic mass is 9.86. The van der Waals surface area contributed by atoms with Crippen molar-refractivity contribution in [2.45, 2.75) is 32.2 Å². The van der Waals surface area contributed by atoms with Gasteiger partial charge in [0.2, 0.25) is 5.91 Å². The van der Waals surface area contributed by atoms with Crippen LogP contribution < -0.4 is 15.2 Å². The predicted octanol–water partition coefficient (Wildman–Crippen LogP) is 5.41. The number of primary amides is 1. The molecule has 0 spiro atoms. The summed E-state index contributed by atoms with van der Waals surface area (Å²) in [6.07, 6.45) is 6.82. The van der Waals surface area contributed by atoms with Crippen LogP contribution in [0.1, 0.15) is 30.7 Å². The number of nitrogens with two attached hydrogens (primary N) is 1. The Morgan fingerprint density at radius 1 is 1.05 bits per heavy atom. The molecule has 2 unspecified atom stereocenters. The van der Waals surface area contributed by atoms with Gasteiger partial charge in [-0.1, -0.05) is 35.3 Å². The molecule has 4 rings (SSSR count). The zero-order valence-corrected chi connectivity index (χ0v) is 22.6. The monoisotopic (exact) mass is 542 g/mol. The fourth-order valence-electron chi connectivity index (χ4n) is 4.93. The Hall–Kier alpha value is -2.87. The molecule has 9 heteroatoms. The molecule has 2 atom stereocenters. The van der Waals surface area contributed by atoms with E-state index in [-0.39, 0.29) is 11.8 Å². The number of piperidine rings is 1. The van der Waals surface area contributed by atoms with Crippen molar-refractivity contribution in [3.8, 4) is 22.6 Å². The maximum absolute atomic E-state index is 12.3. The number of hydrogen-bond donors (Lipinski definition) is 1. The van der Waals surface area contributed by atoms with Crippen LogP contribution in [0, 0.1) is 11.8 Å².